The second kappa shape index (κ2) is 7.89. The number of nitrogens with zero attached hydrogens (tertiary/aromatic N) is 4. The first kappa shape index (κ1) is 15.7. The average molecular weight is 314 g/mol. The Morgan fingerprint density at radius 2 is 1.87 bits per heavy atom. The summed E-state index contributed by atoms with van der Waals surface area (Å²) >= 11 is 0. The molecule has 1 fully saturated rings. The fourth-order valence-corrected chi connectivity index (χ4v) is 2.69. The summed E-state index contributed by atoms with van der Waals surface area (Å²) in [5.74, 6) is 1.76. The molecule has 0 aliphatic carbocycles. The van der Waals surface area contributed by atoms with E-state index in [2.05, 4.69) is 19.8 Å². The van der Waals surface area contributed by atoms with Gasteiger partial charge in [-0.1, -0.05) is 18.2 Å². The van der Waals surface area contributed by atoms with Gasteiger partial charge in [-0.3, -0.25) is 4.90 Å². The Labute approximate surface area is 136 Å². The molecule has 3 rings (SSSR count). The van der Waals surface area contributed by atoms with Crippen molar-refractivity contribution in [2.75, 3.05) is 44.2 Å². The lowest BCUT2D eigenvalue weighted by molar-refractivity contribution is 0.0662. The number of hydrogen-bond acceptors (Lipinski definition) is 6. The molecule has 6 nitrogen and oxygen atoms in total. The Kier molecular flexibility index (Phi) is 5.39. The molecule has 0 radical (unpaired) electrons. The second-order valence-electron chi connectivity index (χ2n) is 5.63. The molecule has 0 amide bonds. The van der Waals surface area contributed by atoms with E-state index in [1.165, 1.54) is 0 Å². The molecule has 0 spiro atoms. The van der Waals surface area contributed by atoms with Gasteiger partial charge in [0.05, 0.1) is 0 Å². The van der Waals surface area contributed by atoms with Crippen molar-refractivity contribution >= 4 is 5.82 Å². The molecule has 23 heavy (non-hydrogen) atoms. The third-order valence-electron chi connectivity index (χ3n) is 3.92. The molecule has 6 heteroatoms. The standard InChI is InChI=1S/C17H22N4O2/c22-15(13-23-16-4-2-1-3-5-16)12-20-8-10-21(11-9-20)17-6-7-18-14-19-17/h1-7,14-15,22H,8-13H2. The Balaban J connectivity index is 1.40. The molecule has 2 heterocycles. The summed E-state index contributed by atoms with van der Waals surface area (Å²) in [5, 5.41) is 10.1. The number of para-hydroxylation sites is 1. The lowest BCUT2D eigenvalue weighted by atomic mass is 10.2. The van der Waals surface area contributed by atoms with Crippen molar-refractivity contribution in [2.24, 2.45) is 0 Å². The Hall–Kier alpha value is -2.18. The highest BCUT2D eigenvalue weighted by molar-refractivity contribution is 5.36. The maximum absolute atomic E-state index is 10.1. The number of ether oxygens (including phenoxy) is 1. The van der Waals surface area contributed by atoms with Crippen molar-refractivity contribution in [3.05, 3.63) is 48.9 Å². The van der Waals surface area contributed by atoms with Gasteiger partial charge in [-0.25, -0.2) is 9.97 Å². The average Bonchev–Trinajstić information content (AvgIpc) is 2.62. The SMILES string of the molecule is OC(COc1ccccc1)CN1CCN(c2ccncn2)CC1. The van der Waals surface area contributed by atoms with E-state index in [4.69, 9.17) is 4.74 Å². The third kappa shape index (κ3) is 4.64. The lowest BCUT2D eigenvalue weighted by Gasteiger charge is -2.36. The highest BCUT2D eigenvalue weighted by atomic mass is 16.5. The van der Waals surface area contributed by atoms with Crippen LogP contribution in [0.1, 0.15) is 0 Å². The van der Waals surface area contributed by atoms with Crippen LogP contribution in [0.5, 0.6) is 5.75 Å². The highest BCUT2D eigenvalue weighted by Crippen LogP contribution is 2.12. The number of β-amino-alcohol motifs (C(OH)–C–C–N with tert-alkyl or cyclic N) is 1. The Morgan fingerprint density at radius 3 is 2.57 bits per heavy atom. The van der Waals surface area contributed by atoms with Crippen molar-refractivity contribution in [3.8, 4) is 5.75 Å². The quantitative estimate of drug-likeness (QED) is 0.859. The number of aromatic nitrogens is 2. The summed E-state index contributed by atoms with van der Waals surface area (Å²) in [6.45, 7) is 4.58. The minimum Gasteiger partial charge on any atom is -0.491 e. The molecule has 1 aliphatic heterocycles. The molecule has 1 atom stereocenters. The number of rotatable bonds is 6. The largest absolute Gasteiger partial charge is 0.491 e. The first-order valence-electron chi connectivity index (χ1n) is 7.90. The normalized spacial score (nSPS) is 17.0. The van der Waals surface area contributed by atoms with Gasteiger partial charge in [0.2, 0.25) is 0 Å². The van der Waals surface area contributed by atoms with Crippen molar-refractivity contribution in [1.29, 1.82) is 0 Å². The van der Waals surface area contributed by atoms with Gasteiger partial charge < -0.3 is 14.7 Å². The number of hydrogen-bond donors (Lipinski definition) is 1. The van der Waals surface area contributed by atoms with Gasteiger partial charge in [-0.2, -0.15) is 0 Å². The third-order valence-corrected chi connectivity index (χ3v) is 3.92. The number of aliphatic hydroxyl groups is 1. The molecular weight excluding hydrogens is 292 g/mol. The predicted octanol–water partition coefficient (Wildman–Crippen LogP) is 1.04. The van der Waals surface area contributed by atoms with E-state index in [1.807, 2.05) is 36.4 Å². The van der Waals surface area contributed by atoms with E-state index >= 15 is 0 Å². The van der Waals surface area contributed by atoms with Gasteiger partial charge >= 0.3 is 0 Å². The van der Waals surface area contributed by atoms with E-state index in [9.17, 15) is 5.11 Å². The summed E-state index contributed by atoms with van der Waals surface area (Å²) in [7, 11) is 0. The van der Waals surface area contributed by atoms with Gasteiger partial charge in [0, 0.05) is 38.9 Å². The fraction of sp³-hybridized carbons (Fsp3) is 0.412. The van der Waals surface area contributed by atoms with Crippen molar-refractivity contribution < 1.29 is 9.84 Å². The number of aliphatic hydroxyl groups excluding tert-OH is 1. The van der Waals surface area contributed by atoms with Crippen molar-refractivity contribution in [2.45, 2.75) is 6.10 Å². The number of benzene rings is 1. The molecule has 0 bridgehead atoms. The van der Waals surface area contributed by atoms with Crippen molar-refractivity contribution in [1.82, 2.24) is 14.9 Å². The Bertz CT molecular complexity index is 574. The van der Waals surface area contributed by atoms with Crippen molar-refractivity contribution in [3.63, 3.8) is 0 Å². The van der Waals surface area contributed by atoms with Gasteiger partial charge in [-0.15, -0.1) is 0 Å². The number of piperazine rings is 1. The topological polar surface area (TPSA) is 61.7 Å². The van der Waals surface area contributed by atoms with E-state index in [0.29, 0.717) is 13.2 Å². The zero-order valence-electron chi connectivity index (χ0n) is 13.1. The van der Waals surface area contributed by atoms with Crippen LogP contribution in [0.15, 0.2) is 48.9 Å². The molecule has 1 aliphatic rings. The van der Waals surface area contributed by atoms with Gasteiger partial charge in [0.15, 0.2) is 0 Å². The van der Waals surface area contributed by atoms with E-state index < -0.39 is 6.10 Å². The molecule has 1 saturated heterocycles. The zero-order chi connectivity index (χ0) is 15.9. The minimum absolute atomic E-state index is 0.316. The van der Waals surface area contributed by atoms with E-state index in [-0.39, 0.29) is 0 Å². The first-order valence-corrected chi connectivity index (χ1v) is 7.90. The minimum atomic E-state index is -0.485. The zero-order valence-corrected chi connectivity index (χ0v) is 13.1. The molecule has 1 aromatic heterocycles. The van der Waals surface area contributed by atoms with Crippen LogP contribution in [0.4, 0.5) is 5.82 Å². The predicted molar refractivity (Wildman–Crippen MR) is 88.6 cm³/mol. The molecule has 1 aromatic carbocycles. The maximum atomic E-state index is 10.1. The molecule has 1 unspecified atom stereocenters. The summed E-state index contributed by atoms with van der Waals surface area (Å²) in [6.07, 6.45) is 2.85. The lowest BCUT2D eigenvalue weighted by Crippen LogP contribution is -2.49. The summed E-state index contributed by atoms with van der Waals surface area (Å²) in [4.78, 5) is 12.7. The monoisotopic (exact) mass is 314 g/mol. The maximum Gasteiger partial charge on any atom is 0.131 e. The second-order valence-corrected chi connectivity index (χ2v) is 5.63. The van der Waals surface area contributed by atoms with Crippen LogP contribution in [-0.2, 0) is 0 Å². The van der Waals surface area contributed by atoms with Crippen LogP contribution in [-0.4, -0.2) is 65.4 Å². The van der Waals surface area contributed by atoms with Gasteiger partial charge in [-0.05, 0) is 18.2 Å². The summed E-state index contributed by atoms with van der Waals surface area (Å²) < 4.78 is 5.60. The van der Waals surface area contributed by atoms with Crippen LogP contribution in [0.25, 0.3) is 0 Å². The van der Waals surface area contributed by atoms with E-state index in [0.717, 1.165) is 37.7 Å². The summed E-state index contributed by atoms with van der Waals surface area (Å²) in [5.41, 5.74) is 0. The molecular formula is C17H22N4O2. The molecule has 122 valence electrons. The van der Waals surface area contributed by atoms with Crippen LogP contribution >= 0.6 is 0 Å². The molecule has 2 aromatic rings. The molecule has 0 saturated carbocycles. The first-order chi connectivity index (χ1) is 11.3. The fourth-order valence-electron chi connectivity index (χ4n) is 2.69. The van der Waals surface area contributed by atoms with E-state index in [1.54, 1.807) is 12.5 Å². The van der Waals surface area contributed by atoms with Crippen LogP contribution in [0, 0.1) is 0 Å². The van der Waals surface area contributed by atoms with Gasteiger partial charge in [0.25, 0.3) is 0 Å². The molecule has 1 N–H and O–H groups in total. The van der Waals surface area contributed by atoms with Gasteiger partial charge in [0.1, 0.15) is 30.6 Å². The number of anilines is 1. The van der Waals surface area contributed by atoms with Crippen LogP contribution in [0.2, 0.25) is 0 Å². The smallest absolute Gasteiger partial charge is 0.131 e. The summed E-state index contributed by atoms with van der Waals surface area (Å²) in [6, 6.07) is 11.5. The Morgan fingerprint density at radius 1 is 1.09 bits per heavy atom. The highest BCUT2D eigenvalue weighted by Gasteiger charge is 2.20. The van der Waals surface area contributed by atoms with Crippen LogP contribution < -0.4 is 9.64 Å². The van der Waals surface area contributed by atoms with Crippen LogP contribution in [0.3, 0.4) is 0 Å².